The fraction of sp³-hybridized carbons (Fsp3) is 0.368. The molecule has 21 heavy (non-hydrogen) atoms. The van der Waals surface area contributed by atoms with Crippen molar-refractivity contribution in [3.63, 3.8) is 0 Å². The van der Waals surface area contributed by atoms with Crippen molar-refractivity contribution in [2.24, 2.45) is 5.92 Å². The summed E-state index contributed by atoms with van der Waals surface area (Å²) < 4.78 is 5.28. The van der Waals surface area contributed by atoms with Gasteiger partial charge in [0.05, 0.1) is 13.2 Å². The van der Waals surface area contributed by atoms with Gasteiger partial charge in [0.1, 0.15) is 5.75 Å². The molecule has 0 saturated heterocycles. The highest BCUT2D eigenvalue weighted by atomic mass is 16.5. The zero-order valence-corrected chi connectivity index (χ0v) is 13.0. The lowest BCUT2D eigenvalue weighted by molar-refractivity contribution is 0.414. The first-order valence-corrected chi connectivity index (χ1v) is 7.65. The Balaban J connectivity index is 1.84. The number of benzene rings is 2. The fourth-order valence-electron chi connectivity index (χ4n) is 2.77. The third-order valence-electron chi connectivity index (χ3n) is 4.27. The second-order valence-corrected chi connectivity index (χ2v) is 6.05. The van der Waals surface area contributed by atoms with Gasteiger partial charge in [0, 0.05) is 5.69 Å². The van der Waals surface area contributed by atoms with Crippen molar-refractivity contribution in [1.29, 1.82) is 0 Å². The Bertz CT molecular complexity index is 614. The molecule has 1 unspecified atom stereocenters. The molecule has 110 valence electrons. The highest BCUT2D eigenvalue weighted by molar-refractivity contribution is 5.55. The van der Waals surface area contributed by atoms with Crippen LogP contribution in [-0.2, 0) is 0 Å². The molecular weight excluding hydrogens is 258 g/mol. The molecule has 0 aromatic heterocycles. The van der Waals surface area contributed by atoms with E-state index in [1.807, 2.05) is 6.07 Å². The number of hydrogen-bond acceptors (Lipinski definition) is 2. The van der Waals surface area contributed by atoms with Crippen LogP contribution in [0.15, 0.2) is 42.5 Å². The highest BCUT2D eigenvalue weighted by Gasteiger charge is 2.32. The summed E-state index contributed by atoms with van der Waals surface area (Å²) in [4.78, 5) is 0. The monoisotopic (exact) mass is 281 g/mol. The summed E-state index contributed by atoms with van der Waals surface area (Å²) in [6.45, 7) is 4.26. The number of methoxy groups -OCH3 is 1. The molecule has 1 saturated carbocycles. The lowest BCUT2D eigenvalue weighted by Crippen LogP contribution is -2.13. The van der Waals surface area contributed by atoms with Gasteiger partial charge in [-0.1, -0.05) is 29.8 Å². The minimum absolute atomic E-state index is 0.415. The van der Waals surface area contributed by atoms with Gasteiger partial charge in [-0.15, -0.1) is 0 Å². The van der Waals surface area contributed by atoms with Crippen molar-refractivity contribution in [3.05, 3.63) is 59.2 Å². The lowest BCUT2D eigenvalue weighted by atomic mass is 10.00. The second-order valence-electron chi connectivity index (χ2n) is 6.05. The molecule has 1 N–H and O–H groups in total. The predicted octanol–water partition coefficient (Wildman–Crippen LogP) is 4.88. The van der Waals surface area contributed by atoms with Gasteiger partial charge < -0.3 is 10.1 Å². The van der Waals surface area contributed by atoms with E-state index in [0.29, 0.717) is 6.04 Å². The summed E-state index contributed by atoms with van der Waals surface area (Å²) in [6, 6.07) is 15.6. The van der Waals surface area contributed by atoms with Crippen LogP contribution in [0, 0.1) is 19.8 Å². The van der Waals surface area contributed by atoms with Crippen LogP contribution in [0.4, 0.5) is 5.69 Å². The Morgan fingerprint density at radius 1 is 1.05 bits per heavy atom. The van der Waals surface area contributed by atoms with Crippen molar-refractivity contribution in [3.8, 4) is 5.75 Å². The first-order valence-electron chi connectivity index (χ1n) is 7.65. The number of aryl methyl sites for hydroxylation is 2. The molecule has 0 heterocycles. The summed E-state index contributed by atoms with van der Waals surface area (Å²) in [5, 5.41) is 3.74. The van der Waals surface area contributed by atoms with Gasteiger partial charge in [0.15, 0.2) is 0 Å². The van der Waals surface area contributed by atoms with E-state index >= 15 is 0 Å². The zero-order chi connectivity index (χ0) is 14.8. The molecular formula is C19H23NO. The first-order chi connectivity index (χ1) is 10.2. The third-order valence-corrected chi connectivity index (χ3v) is 4.27. The van der Waals surface area contributed by atoms with Gasteiger partial charge in [0.2, 0.25) is 0 Å². The number of anilines is 1. The molecule has 1 aliphatic carbocycles. The first kappa shape index (κ1) is 14.0. The normalized spacial score (nSPS) is 15.6. The number of ether oxygens (including phenoxy) is 1. The van der Waals surface area contributed by atoms with Crippen LogP contribution in [0.2, 0.25) is 0 Å². The van der Waals surface area contributed by atoms with Gasteiger partial charge in [-0.25, -0.2) is 0 Å². The molecule has 2 aromatic carbocycles. The maximum Gasteiger partial charge on any atom is 0.119 e. The van der Waals surface area contributed by atoms with E-state index in [1.54, 1.807) is 7.11 Å². The second kappa shape index (κ2) is 5.80. The van der Waals surface area contributed by atoms with E-state index in [2.05, 4.69) is 55.6 Å². The molecule has 3 rings (SSSR count). The Kier molecular flexibility index (Phi) is 3.87. The molecule has 1 aliphatic rings. The SMILES string of the molecule is COc1ccc(NC(c2ccc(C)cc2)C2CC2)c(C)c1. The van der Waals surface area contributed by atoms with Gasteiger partial charge in [-0.2, -0.15) is 0 Å². The van der Waals surface area contributed by atoms with Crippen molar-refractivity contribution in [1.82, 2.24) is 0 Å². The molecule has 2 aromatic rings. The predicted molar refractivity (Wildman–Crippen MR) is 88.0 cm³/mol. The van der Waals surface area contributed by atoms with Crippen LogP contribution < -0.4 is 10.1 Å². The van der Waals surface area contributed by atoms with Crippen LogP contribution in [0.3, 0.4) is 0 Å². The van der Waals surface area contributed by atoms with Crippen LogP contribution in [0.25, 0.3) is 0 Å². The fourth-order valence-corrected chi connectivity index (χ4v) is 2.77. The van der Waals surface area contributed by atoms with Crippen LogP contribution in [0.1, 0.15) is 35.6 Å². The molecule has 0 bridgehead atoms. The van der Waals surface area contributed by atoms with Crippen LogP contribution in [-0.4, -0.2) is 7.11 Å². The maximum absolute atomic E-state index is 5.28. The summed E-state index contributed by atoms with van der Waals surface area (Å²) in [6.07, 6.45) is 2.64. The van der Waals surface area contributed by atoms with Crippen molar-refractivity contribution >= 4 is 5.69 Å². The van der Waals surface area contributed by atoms with E-state index in [0.717, 1.165) is 11.7 Å². The quantitative estimate of drug-likeness (QED) is 0.843. The van der Waals surface area contributed by atoms with Gasteiger partial charge in [-0.3, -0.25) is 0 Å². The average molecular weight is 281 g/mol. The van der Waals surface area contributed by atoms with Gasteiger partial charge in [-0.05, 0) is 61.9 Å². The smallest absolute Gasteiger partial charge is 0.119 e. The van der Waals surface area contributed by atoms with Crippen LogP contribution in [0.5, 0.6) is 5.75 Å². The maximum atomic E-state index is 5.28. The Hall–Kier alpha value is -1.96. The number of rotatable bonds is 5. The number of hydrogen-bond donors (Lipinski definition) is 1. The zero-order valence-electron chi connectivity index (χ0n) is 13.0. The van der Waals surface area contributed by atoms with E-state index in [9.17, 15) is 0 Å². The average Bonchev–Trinajstić information content (AvgIpc) is 3.32. The van der Waals surface area contributed by atoms with Crippen molar-refractivity contribution in [2.75, 3.05) is 12.4 Å². The van der Waals surface area contributed by atoms with Crippen molar-refractivity contribution < 1.29 is 4.74 Å². The number of nitrogens with one attached hydrogen (secondary N) is 1. The molecule has 0 amide bonds. The Labute approximate surface area is 127 Å². The molecule has 1 fully saturated rings. The molecule has 0 radical (unpaired) electrons. The van der Waals surface area contributed by atoms with E-state index < -0.39 is 0 Å². The van der Waals surface area contributed by atoms with E-state index in [-0.39, 0.29) is 0 Å². The highest BCUT2D eigenvalue weighted by Crippen LogP contribution is 2.43. The molecule has 2 nitrogen and oxygen atoms in total. The summed E-state index contributed by atoms with van der Waals surface area (Å²) >= 11 is 0. The summed E-state index contributed by atoms with van der Waals surface area (Å²) in [7, 11) is 1.71. The van der Waals surface area contributed by atoms with Crippen LogP contribution >= 0.6 is 0 Å². The van der Waals surface area contributed by atoms with Gasteiger partial charge >= 0.3 is 0 Å². The Morgan fingerprint density at radius 2 is 1.76 bits per heavy atom. The van der Waals surface area contributed by atoms with Crippen molar-refractivity contribution in [2.45, 2.75) is 32.7 Å². The molecule has 0 aliphatic heterocycles. The standard InChI is InChI=1S/C19H23NO/c1-13-4-6-15(7-5-13)19(16-8-9-16)20-18-11-10-17(21-3)12-14(18)2/h4-7,10-12,16,19-20H,8-9H2,1-3H3. The summed E-state index contributed by atoms with van der Waals surface area (Å²) in [5.41, 5.74) is 5.13. The topological polar surface area (TPSA) is 21.3 Å². The lowest BCUT2D eigenvalue weighted by Gasteiger charge is -2.22. The largest absolute Gasteiger partial charge is 0.497 e. The minimum atomic E-state index is 0.415. The molecule has 0 spiro atoms. The van der Waals surface area contributed by atoms with Gasteiger partial charge in [0.25, 0.3) is 0 Å². The minimum Gasteiger partial charge on any atom is -0.497 e. The van der Waals surface area contributed by atoms with E-state index in [1.165, 1.54) is 35.2 Å². The molecule has 2 heteroatoms. The third kappa shape index (κ3) is 3.21. The summed E-state index contributed by atoms with van der Waals surface area (Å²) in [5.74, 6) is 1.67. The molecule has 1 atom stereocenters. The van der Waals surface area contributed by atoms with E-state index in [4.69, 9.17) is 4.74 Å². The Morgan fingerprint density at radius 3 is 2.33 bits per heavy atom.